The SMILES string of the molecule is CONC1CCOc2cc(F)c(C)cc21. The average Bonchev–Trinajstić information content (AvgIpc) is 2.21. The molecule has 0 saturated heterocycles. The Hall–Kier alpha value is -1.13. The van der Waals surface area contributed by atoms with E-state index in [0.717, 1.165) is 12.0 Å². The number of ether oxygens (including phenoxy) is 1. The largest absolute Gasteiger partial charge is 0.493 e. The lowest BCUT2D eigenvalue weighted by Gasteiger charge is -2.26. The van der Waals surface area contributed by atoms with Gasteiger partial charge in [-0.15, -0.1) is 0 Å². The zero-order chi connectivity index (χ0) is 10.8. The highest BCUT2D eigenvalue weighted by molar-refractivity contribution is 5.41. The second-order valence-corrected chi connectivity index (χ2v) is 3.65. The van der Waals surface area contributed by atoms with Crippen LogP contribution in [-0.2, 0) is 4.84 Å². The summed E-state index contributed by atoms with van der Waals surface area (Å²) in [4.78, 5) is 4.91. The van der Waals surface area contributed by atoms with Crippen LogP contribution in [0.4, 0.5) is 4.39 Å². The molecule has 15 heavy (non-hydrogen) atoms. The normalized spacial score (nSPS) is 19.5. The maximum atomic E-state index is 13.3. The summed E-state index contributed by atoms with van der Waals surface area (Å²) >= 11 is 0. The van der Waals surface area contributed by atoms with Crippen molar-refractivity contribution >= 4 is 0 Å². The molecule has 0 amide bonds. The highest BCUT2D eigenvalue weighted by Gasteiger charge is 2.22. The number of fused-ring (bicyclic) bond motifs is 1. The second kappa shape index (κ2) is 4.16. The topological polar surface area (TPSA) is 30.5 Å². The Bertz CT molecular complexity index is 368. The Kier molecular flexibility index (Phi) is 2.88. The van der Waals surface area contributed by atoms with E-state index in [-0.39, 0.29) is 11.9 Å². The molecule has 0 spiro atoms. The van der Waals surface area contributed by atoms with E-state index in [1.54, 1.807) is 20.1 Å². The van der Waals surface area contributed by atoms with Gasteiger partial charge in [-0.3, -0.25) is 0 Å². The van der Waals surface area contributed by atoms with Crippen LogP contribution in [0.15, 0.2) is 12.1 Å². The van der Waals surface area contributed by atoms with Crippen molar-refractivity contribution in [2.75, 3.05) is 13.7 Å². The first-order valence-electron chi connectivity index (χ1n) is 4.93. The third kappa shape index (κ3) is 1.96. The number of benzene rings is 1. The van der Waals surface area contributed by atoms with Crippen molar-refractivity contribution in [1.29, 1.82) is 0 Å². The lowest BCUT2D eigenvalue weighted by molar-refractivity contribution is 0.0462. The van der Waals surface area contributed by atoms with Gasteiger partial charge in [-0.05, 0) is 18.6 Å². The number of hydroxylamine groups is 1. The number of rotatable bonds is 2. The minimum Gasteiger partial charge on any atom is -0.493 e. The molecule has 1 aliphatic rings. The maximum Gasteiger partial charge on any atom is 0.129 e. The Morgan fingerprint density at radius 3 is 3.07 bits per heavy atom. The first kappa shape index (κ1) is 10.4. The first-order valence-corrected chi connectivity index (χ1v) is 4.93. The molecule has 1 unspecified atom stereocenters. The van der Waals surface area contributed by atoms with Gasteiger partial charge in [-0.1, -0.05) is 0 Å². The van der Waals surface area contributed by atoms with Crippen molar-refractivity contribution in [2.45, 2.75) is 19.4 Å². The van der Waals surface area contributed by atoms with Crippen LogP contribution in [0.3, 0.4) is 0 Å². The molecule has 0 saturated carbocycles. The van der Waals surface area contributed by atoms with Gasteiger partial charge in [-0.25, -0.2) is 4.39 Å². The molecule has 1 aromatic carbocycles. The van der Waals surface area contributed by atoms with E-state index < -0.39 is 0 Å². The number of nitrogens with one attached hydrogen (secondary N) is 1. The number of hydrogen-bond donors (Lipinski definition) is 1. The summed E-state index contributed by atoms with van der Waals surface area (Å²) in [5.74, 6) is 0.380. The van der Waals surface area contributed by atoms with Gasteiger partial charge in [0.2, 0.25) is 0 Å². The van der Waals surface area contributed by atoms with E-state index in [4.69, 9.17) is 9.57 Å². The maximum absolute atomic E-state index is 13.3. The van der Waals surface area contributed by atoms with Crippen molar-refractivity contribution in [1.82, 2.24) is 5.48 Å². The molecule has 1 aromatic rings. The Balaban J connectivity index is 2.38. The highest BCUT2D eigenvalue weighted by Crippen LogP contribution is 2.33. The summed E-state index contributed by atoms with van der Waals surface area (Å²) in [7, 11) is 1.57. The van der Waals surface area contributed by atoms with Crippen LogP contribution < -0.4 is 10.2 Å². The van der Waals surface area contributed by atoms with E-state index in [9.17, 15) is 4.39 Å². The van der Waals surface area contributed by atoms with Crippen LogP contribution in [-0.4, -0.2) is 13.7 Å². The lowest BCUT2D eigenvalue weighted by atomic mass is 9.99. The van der Waals surface area contributed by atoms with Crippen molar-refractivity contribution < 1.29 is 14.0 Å². The summed E-state index contributed by atoms with van der Waals surface area (Å²) in [5.41, 5.74) is 4.47. The van der Waals surface area contributed by atoms with Crippen LogP contribution in [0.2, 0.25) is 0 Å². The summed E-state index contributed by atoms with van der Waals surface area (Å²) in [6.07, 6.45) is 0.825. The van der Waals surface area contributed by atoms with Crippen molar-refractivity contribution in [3.05, 3.63) is 29.1 Å². The molecular formula is C11H14FNO2. The van der Waals surface area contributed by atoms with Gasteiger partial charge in [-0.2, -0.15) is 5.48 Å². The van der Waals surface area contributed by atoms with Gasteiger partial charge < -0.3 is 9.57 Å². The average molecular weight is 211 g/mol. The Labute approximate surface area is 88.1 Å². The molecule has 1 atom stereocenters. The molecule has 0 aromatic heterocycles. The molecule has 82 valence electrons. The van der Waals surface area contributed by atoms with Gasteiger partial charge in [0.05, 0.1) is 19.8 Å². The number of halogens is 1. The Morgan fingerprint density at radius 1 is 1.53 bits per heavy atom. The van der Waals surface area contributed by atoms with E-state index in [1.165, 1.54) is 6.07 Å². The van der Waals surface area contributed by atoms with E-state index in [0.29, 0.717) is 17.9 Å². The standard InChI is InChI=1S/C11H14FNO2/c1-7-5-8-10(13-14-2)3-4-15-11(8)6-9(7)12/h5-6,10,13H,3-4H2,1-2H3. The van der Waals surface area contributed by atoms with Crippen molar-refractivity contribution in [2.24, 2.45) is 0 Å². The van der Waals surface area contributed by atoms with E-state index >= 15 is 0 Å². The van der Waals surface area contributed by atoms with Gasteiger partial charge in [0.1, 0.15) is 11.6 Å². The van der Waals surface area contributed by atoms with Crippen molar-refractivity contribution in [3.8, 4) is 5.75 Å². The summed E-state index contributed by atoms with van der Waals surface area (Å²) in [5, 5.41) is 0. The van der Waals surface area contributed by atoms with Crippen LogP contribution in [0.25, 0.3) is 0 Å². The van der Waals surface area contributed by atoms with E-state index in [2.05, 4.69) is 5.48 Å². The van der Waals surface area contributed by atoms with Gasteiger partial charge >= 0.3 is 0 Å². The molecule has 2 rings (SSSR count). The van der Waals surface area contributed by atoms with Gasteiger partial charge in [0, 0.05) is 18.1 Å². The van der Waals surface area contributed by atoms with Gasteiger partial charge in [0.25, 0.3) is 0 Å². The van der Waals surface area contributed by atoms with Crippen LogP contribution in [0, 0.1) is 12.7 Å². The van der Waals surface area contributed by atoms with Crippen molar-refractivity contribution in [3.63, 3.8) is 0 Å². The molecule has 3 nitrogen and oxygen atoms in total. The fourth-order valence-electron chi connectivity index (χ4n) is 1.79. The minimum atomic E-state index is -0.230. The summed E-state index contributed by atoms with van der Waals surface area (Å²) in [6, 6.07) is 3.33. The summed E-state index contributed by atoms with van der Waals surface area (Å²) < 4.78 is 18.7. The molecule has 0 fully saturated rings. The zero-order valence-electron chi connectivity index (χ0n) is 8.84. The monoisotopic (exact) mass is 211 g/mol. The molecule has 4 heteroatoms. The van der Waals surface area contributed by atoms with Crippen LogP contribution in [0.1, 0.15) is 23.6 Å². The van der Waals surface area contributed by atoms with E-state index in [1.807, 2.05) is 0 Å². The molecule has 1 heterocycles. The third-order valence-corrected chi connectivity index (χ3v) is 2.59. The lowest BCUT2D eigenvalue weighted by Crippen LogP contribution is -2.26. The highest BCUT2D eigenvalue weighted by atomic mass is 19.1. The Morgan fingerprint density at radius 2 is 2.33 bits per heavy atom. The number of hydrogen-bond acceptors (Lipinski definition) is 3. The molecular weight excluding hydrogens is 197 g/mol. The van der Waals surface area contributed by atoms with Crippen LogP contribution in [0.5, 0.6) is 5.75 Å². The third-order valence-electron chi connectivity index (χ3n) is 2.59. The zero-order valence-corrected chi connectivity index (χ0v) is 8.84. The fraction of sp³-hybridized carbons (Fsp3) is 0.455. The number of aryl methyl sites for hydroxylation is 1. The fourth-order valence-corrected chi connectivity index (χ4v) is 1.79. The molecule has 1 aliphatic heterocycles. The van der Waals surface area contributed by atoms with Crippen LogP contribution >= 0.6 is 0 Å². The van der Waals surface area contributed by atoms with Gasteiger partial charge in [0.15, 0.2) is 0 Å². The minimum absolute atomic E-state index is 0.0815. The molecule has 1 N–H and O–H groups in total. The smallest absolute Gasteiger partial charge is 0.129 e. The predicted molar refractivity (Wildman–Crippen MR) is 54.1 cm³/mol. The summed E-state index contributed by atoms with van der Waals surface area (Å²) in [6.45, 7) is 2.32. The second-order valence-electron chi connectivity index (χ2n) is 3.65. The predicted octanol–water partition coefficient (Wildman–Crippen LogP) is 2.11. The molecule has 0 bridgehead atoms. The quantitative estimate of drug-likeness (QED) is 0.760. The molecule has 0 radical (unpaired) electrons. The molecule has 0 aliphatic carbocycles. The first-order chi connectivity index (χ1) is 7.22.